The molecular formula is C23H25F3N2O3. The third-order valence-electron chi connectivity index (χ3n) is 5.98. The Bertz CT molecular complexity index is 1060. The Morgan fingerprint density at radius 3 is 2.16 bits per heavy atom. The number of benzene rings is 2. The Morgan fingerprint density at radius 1 is 0.935 bits per heavy atom. The van der Waals surface area contributed by atoms with Gasteiger partial charge in [0.2, 0.25) is 5.75 Å². The summed E-state index contributed by atoms with van der Waals surface area (Å²) in [6, 6.07) is 10.4. The van der Waals surface area contributed by atoms with Crippen molar-refractivity contribution in [1.29, 1.82) is 0 Å². The van der Waals surface area contributed by atoms with Crippen LogP contribution in [-0.2, 0) is 5.54 Å². The maximum absolute atomic E-state index is 14.6. The van der Waals surface area contributed by atoms with Gasteiger partial charge in [-0.1, -0.05) is 18.2 Å². The fourth-order valence-electron chi connectivity index (χ4n) is 4.53. The number of rotatable bonds is 5. The predicted octanol–water partition coefficient (Wildman–Crippen LogP) is 5.39. The van der Waals surface area contributed by atoms with Gasteiger partial charge in [-0.05, 0) is 44.0 Å². The van der Waals surface area contributed by atoms with E-state index in [9.17, 15) is 13.2 Å². The van der Waals surface area contributed by atoms with Crippen LogP contribution in [0.15, 0.2) is 36.4 Å². The van der Waals surface area contributed by atoms with E-state index in [1.165, 1.54) is 21.3 Å². The highest BCUT2D eigenvalue weighted by atomic mass is 19.4. The quantitative estimate of drug-likeness (QED) is 0.565. The Balaban J connectivity index is 2.05. The number of hydrogen-bond acceptors (Lipinski definition) is 4. The van der Waals surface area contributed by atoms with Gasteiger partial charge >= 0.3 is 6.18 Å². The third-order valence-corrected chi connectivity index (χ3v) is 5.98. The molecule has 0 bridgehead atoms. The Morgan fingerprint density at radius 2 is 1.61 bits per heavy atom. The average Bonchev–Trinajstić information content (AvgIpc) is 3.17. The van der Waals surface area contributed by atoms with Crippen molar-refractivity contribution in [3.05, 3.63) is 42.0 Å². The van der Waals surface area contributed by atoms with Gasteiger partial charge in [-0.25, -0.2) is 0 Å². The highest BCUT2D eigenvalue weighted by molar-refractivity contribution is 5.93. The number of aromatic nitrogens is 1. The number of piperidine rings is 1. The van der Waals surface area contributed by atoms with Crippen molar-refractivity contribution in [3.63, 3.8) is 0 Å². The van der Waals surface area contributed by atoms with Gasteiger partial charge in [0.1, 0.15) is 5.54 Å². The lowest BCUT2D eigenvalue weighted by Gasteiger charge is -2.40. The molecular weight excluding hydrogens is 409 g/mol. The van der Waals surface area contributed by atoms with Crippen LogP contribution in [0.25, 0.3) is 22.2 Å². The lowest BCUT2D eigenvalue weighted by atomic mass is 9.79. The zero-order valence-corrected chi connectivity index (χ0v) is 17.7. The molecule has 0 spiro atoms. The summed E-state index contributed by atoms with van der Waals surface area (Å²) in [7, 11) is 4.44. The molecule has 3 aromatic rings. The van der Waals surface area contributed by atoms with Crippen LogP contribution in [0.2, 0.25) is 0 Å². The minimum atomic E-state index is -4.48. The second kappa shape index (κ2) is 8.00. The number of nitrogens with one attached hydrogen (secondary N) is 2. The third kappa shape index (κ3) is 3.39. The van der Waals surface area contributed by atoms with E-state index in [0.29, 0.717) is 58.8 Å². The fraction of sp³-hybridized carbons (Fsp3) is 0.391. The van der Waals surface area contributed by atoms with E-state index >= 15 is 0 Å². The molecule has 31 heavy (non-hydrogen) atoms. The molecule has 8 heteroatoms. The second-order valence-electron chi connectivity index (χ2n) is 7.62. The average molecular weight is 434 g/mol. The number of aromatic amines is 1. The summed E-state index contributed by atoms with van der Waals surface area (Å²) < 4.78 is 60.2. The molecule has 2 heterocycles. The van der Waals surface area contributed by atoms with Crippen LogP contribution in [0.5, 0.6) is 17.2 Å². The van der Waals surface area contributed by atoms with Gasteiger partial charge in [0.15, 0.2) is 11.5 Å². The van der Waals surface area contributed by atoms with E-state index in [1.54, 1.807) is 36.4 Å². The Labute approximate surface area is 178 Å². The van der Waals surface area contributed by atoms with E-state index in [2.05, 4.69) is 10.3 Å². The number of alkyl halides is 3. The topological polar surface area (TPSA) is 55.5 Å². The summed E-state index contributed by atoms with van der Waals surface area (Å²) in [5.74, 6) is 1.13. The smallest absolute Gasteiger partial charge is 0.410 e. The number of ether oxygens (including phenoxy) is 3. The summed E-state index contributed by atoms with van der Waals surface area (Å²) in [5, 5.41) is 3.36. The van der Waals surface area contributed by atoms with E-state index in [1.807, 2.05) is 0 Å². The van der Waals surface area contributed by atoms with Crippen molar-refractivity contribution < 1.29 is 27.4 Å². The van der Waals surface area contributed by atoms with Crippen LogP contribution in [0.1, 0.15) is 24.8 Å². The fourth-order valence-corrected chi connectivity index (χ4v) is 4.53. The number of hydrogen-bond donors (Lipinski definition) is 2. The van der Waals surface area contributed by atoms with Gasteiger partial charge in [-0.15, -0.1) is 0 Å². The first kappa shape index (κ1) is 21.4. The van der Waals surface area contributed by atoms with Crippen LogP contribution in [0.3, 0.4) is 0 Å². The molecule has 1 atom stereocenters. The minimum Gasteiger partial charge on any atom is -0.493 e. The van der Waals surface area contributed by atoms with E-state index in [4.69, 9.17) is 14.2 Å². The molecule has 5 nitrogen and oxygen atoms in total. The molecule has 0 saturated carbocycles. The van der Waals surface area contributed by atoms with E-state index in [0.717, 1.165) is 0 Å². The highest BCUT2D eigenvalue weighted by Gasteiger charge is 2.58. The first-order chi connectivity index (χ1) is 14.9. The van der Waals surface area contributed by atoms with Gasteiger partial charge in [0.05, 0.1) is 27.0 Å². The van der Waals surface area contributed by atoms with Crippen LogP contribution >= 0.6 is 0 Å². The van der Waals surface area contributed by atoms with Gasteiger partial charge in [0.25, 0.3) is 0 Å². The van der Waals surface area contributed by atoms with Gasteiger partial charge in [-0.3, -0.25) is 5.32 Å². The number of fused-ring (bicyclic) bond motifs is 1. The largest absolute Gasteiger partial charge is 0.493 e. The summed E-state index contributed by atoms with van der Waals surface area (Å²) in [4.78, 5) is 3.22. The number of para-hydroxylation sites is 1. The monoisotopic (exact) mass is 434 g/mol. The molecule has 0 radical (unpaired) electrons. The molecule has 1 aliphatic rings. The maximum atomic E-state index is 14.6. The van der Waals surface area contributed by atoms with Crippen LogP contribution in [0.4, 0.5) is 13.2 Å². The Kier molecular flexibility index (Phi) is 5.51. The van der Waals surface area contributed by atoms with Crippen LogP contribution < -0.4 is 19.5 Å². The first-order valence-corrected chi connectivity index (χ1v) is 10.1. The van der Waals surface area contributed by atoms with E-state index < -0.39 is 11.7 Å². The summed E-state index contributed by atoms with van der Waals surface area (Å²) in [6.07, 6.45) is -3.32. The normalized spacial score (nSPS) is 19.4. The second-order valence-corrected chi connectivity index (χ2v) is 7.62. The lowest BCUT2D eigenvalue weighted by Crippen LogP contribution is -2.56. The van der Waals surface area contributed by atoms with Crippen molar-refractivity contribution in [2.75, 3.05) is 27.9 Å². The summed E-state index contributed by atoms with van der Waals surface area (Å²) in [6.45, 7) is 0.299. The van der Waals surface area contributed by atoms with Gasteiger partial charge < -0.3 is 19.2 Å². The minimum absolute atomic E-state index is 0.0320. The molecule has 1 aliphatic heterocycles. The zero-order valence-electron chi connectivity index (χ0n) is 17.7. The summed E-state index contributed by atoms with van der Waals surface area (Å²) in [5.41, 5.74) is -0.411. The first-order valence-electron chi connectivity index (χ1n) is 10.1. The number of halogens is 3. The number of methoxy groups -OCH3 is 3. The zero-order chi connectivity index (χ0) is 22.2. The predicted molar refractivity (Wildman–Crippen MR) is 113 cm³/mol. The molecule has 1 fully saturated rings. The van der Waals surface area contributed by atoms with Crippen molar-refractivity contribution in [1.82, 2.24) is 10.3 Å². The molecule has 0 aliphatic carbocycles. The SMILES string of the molecule is COc1cc(-c2[nH]c3ccccc3c2C2(C(F)(F)F)CCCCN2)cc(OC)c1OC. The highest BCUT2D eigenvalue weighted by Crippen LogP contribution is 2.51. The lowest BCUT2D eigenvalue weighted by molar-refractivity contribution is -0.206. The molecule has 1 saturated heterocycles. The van der Waals surface area contributed by atoms with Crippen LogP contribution in [-0.4, -0.2) is 39.0 Å². The van der Waals surface area contributed by atoms with Crippen molar-refractivity contribution in [3.8, 4) is 28.5 Å². The van der Waals surface area contributed by atoms with Gasteiger partial charge in [0, 0.05) is 22.0 Å². The number of H-pyrrole nitrogens is 1. The molecule has 1 aromatic heterocycles. The van der Waals surface area contributed by atoms with Crippen molar-refractivity contribution in [2.24, 2.45) is 0 Å². The maximum Gasteiger partial charge on any atom is 0.410 e. The van der Waals surface area contributed by atoms with E-state index in [-0.39, 0.29) is 12.0 Å². The van der Waals surface area contributed by atoms with Crippen molar-refractivity contribution >= 4 is 10.9 Å². The molecule has 166 valence electrons. The van der Waals surface area contributed by atoms with Crippen molar-refractivity contribution in [2.45, 2.75) is 31.0 Å². The van der Waals surface area contributed by atoms with Gasteiger partial charge in [-0.2, -0.15) is 13.2 Å². The molecule has 2 aromatic carbocycles. The standard InChI is InChI=1S/C23H25F3N2O3/c1-29-17-12-14(13-18(30-2)21(17)31-3)20-19(15-8-4-5-9-16(15)28-20)22(23(24,25)26)10-6-7-11-27-22/h4-5,8-9,12-13,27-28H,6-7,10-11H2,1-3H3. The molecule has 1 unspecified atom stereocenters. The molecule has 4 rings (SSSR count). The van der Waals surface area contributed by atoms with Crippen LogP contribution in [0, 0.1) is 0 Å². The summed E-state index contributed by atoms with van der Waals surface area (Å²) >= 11 is 0. The molecule has 2 N–H and O–H groups in total. The Hall–Kier alpha value is -2.87. The molecule has 0 amide bonds.